The Morgan fingerprint density at radius 3 is 1.23 bits per heavy atom. The highest BCUT2D eigenvalue weighted by molar-refractivity contribution is 9.09. The Kier molecular flexibility index (Phi) is 8.87. The molecule has 0 fully saturated rings. The third-order valence-corrected chi connectivity index (χ3v) is 3.59. The zero-order chi connectivity index (χ0) is 24.4. The maximum Gasteiger partial charge on any atom is 0.460 e. The number of hydrogen-bond acceptors (Lipinski definition) is 2. The standard InChI is InChI=1S/C12H10BrF15O2/c13-1-2-29-3-4-30-5-6(14,15)7(16,17)8(18,19)9(20,21)10(22,23)11(24,25)12(26,27)28/h1-5H2. The molecule has 0 aliphatic rings. The minimum atomic E-state index is -8.29. The second-order valence-electron chi connectivity index (χ2n) is 5.43. The Labute approximate surface area is 165 Å². The molecular weight excluding hydrogens is 541 g/mol. The van der Waals surface area contributed by atoms with Crippen LogP contribution in [0, 0.1) is 0 Å². The Morgan fingerprint density at radius 2 is 0.833 bits per heavy atom. The third kappa shape index (κ3) is 4.88. The summed E-state index contributed by atoms with van der Waals surface area (Å²) in [5.74, 6) is -46.6. The average Bonchev–Trinajstić information content (AvgIpc) is 2.56. The van der Waals surface area contributed by atoms with Crippen molar-refractivity contribution < 1.29 is 75.3 Å². The first-order valence-electron chi connectivity index (χ1n) is 7.11. The number of alkyl halides is 16. The molecule has 0 unspecified atom stereocenters. The summed E-state index contributed by atoms with van der Waals surface area (Å²) in [6, 6.07) is 0. The number of halogens is 16. The summed E-state index contributed by atoms with van der Waals surface area (Å²) in [6.45, 7) is -4.49. The second-order valence-corrected chi connectivity index (χ2v) is 6.22. The summed E-state index contributed by atoms with van der Waals surface area (Å²) in [5.41, 5.74) is 0. The van der Waals surface area contributed by atoms with E-state index in [9.17, 15) is 65.9 Å². The monoisotopic (exact) mass is 550 g/mol. The highest BCUT2D eigenvalue weighted by Crippen LogP contribution is 2.62. The molecule has 30 heavy (non-hydrogen) atoms. The summed E-state index contributed by atoms with van der Waals surface area (Å²) in [7, 11) is 0. The van der Waals surface area contributed by atoms with Crippen LogP contribution in [0.15, 0.2) is 0 Å². The van der Waals surface area contributed by atoms with Crippen molar-refractivity contribution in [3.8, 4) is 0 Å². The number of rotatable bonds is 12. The van der Waals surface area contributed by atoms with E-state index in [1.807, 2.05) is 0 Å². The van der Waals surface area contributed by atoms with Crippen LogP contribution in [-0.4, -0.2) is 73.5 Å². The average molecular weight is 551 g/mol. The quantitative estimate of drug-likeness (QED) is 0.174. The minimum absolute atomic E-state index is 0.0668. The molecule has 0 bridgehead atoms. The van der Waals surface area contributed by atoms with Crippen LogP contribution in [0.1, 0.15) is 0 Å². The molecule has 0 rings (SSSR count). The van der Waals surface area contributed by atoms with E-state index in [0.717, 1.165) is 0 Å². The van der Waals surface area contributed by atoms with Gasteiger partial charge in [0.15, 0.2) is 0 Å². The highest BCUT2D eigenvalue weighted by Gasteiger charge is 2.93. The highest BCUT2D eigenvalue weighted by atomic mass is 79.9. The molecule has 0 aromatic heterocycles. The number of hydrogen-bond donors (Lipinski definition) is 0. The van der Waals surface area contributed by atoms with Gasteiger partial charge in [-0.05, 0) is 0 Å². The van der Waals surface area contributed by atoms with Crippen LogP contribution in [0.2, 0.25) is 0 Å². The van der Waals surface area contributed by atoms with E-state index in [4.69, 9.17) is 0 Å². The van der Waals surface area contributed by atoms with Gasteiger partial charge in [-0.1, -0.05) is 15.9 Å². The van der Waals surface area contributed by atoms with Crippen LogP contribution in [0.5, 0.6) is 0 Å². The molecule has 0 saturated heterocycles. The molecule has 0 saturated carbocycles. The molecule has 0 spiro atoms. The topological polar surface area (TPSA) is 18.5 Å². The summed E-state index contributed by atoms with van der Waals surface area (Å²) < 4.78 is 202. The van der Waals surface area contributed by atoms with Gasteiger partial charge in [-0.3, -0.25) is 0 Å². The van der Waals surface area contributed by atoms with E-state index < -0.39 is 61.5 Å². The van der Waals surface area contributed by atoms with Crippen molar-refractivity contribution in [1.82, 2.24) is 0 Å². The van der Waals surface area contributed by atoms with Gasteiger partial charge in [0.25, 0.3) is 0 Å². The summed E-state index contributed by atoms with van der Waals surface area (Å²) in [5, 5.41) is 0.208. The van der Waals surface area contributed by atoms with E-state index in [1.54, 1.807) is 0 Å². The Hall–Kier alpha value is -0.650. The first-order valence-corrected chi connectivity index (χ1v) is 8.23. The SMILES string of the molecule is FC(F)(F)C(F)(F)C(F)(F)C(F)(F)C(F)(F)C(F)(F)C(F)(F)COCCOCCBr. The molecule has 0 heterocycles. The smallest absolute Gasteiger partial charge is 0.378 e. The van der Waals surface area contributed by atoms with Gasteiger partial charge in [-0.25, -0.2) is 0 Å². The van der Waals surface area contributed by atoms with Crippen LogP contribution in [0.4, 0.5) is 65.9 Å². The van der Waals surface area contributed by atoms with Crippen LogP contribution in [0.3, 0.4) is 0 Å². The lowest BCUT2D eigenvalue weighted by atomic mass is 9.91. The van der Waals surface area contributed by atoms with Crippen molar-refractivity contribution in [2.45, 2.75) is 41.7 Å². The predicted octanol–water partition coefficient (Wildman–Crippen LogP) is 5.79. The lowest BCUT2D eigenvalue weighted by molar-refractivity contribution is -0.453. The molecule has 0 radical (unpaired) electrons. The van der Waals surface area contributed by atoms with Crippen molar-refractivity contribution in [2.24, 2.45) is 0 Å². The minimum Gasteiger partial charge on any atom is -0.378 e. The first kappa shape index (κ1) is 29.3. The van der Waals surface area contributed by atoms with Crippen molar-refractivity contribution >= 4 is 15.9 Å². The molecule has 0 atom stereocenters. The molecule has 0 aromatic rings. The molecule has 2 nitrogen and oxygen atoms in total. The van der Waals surface area contributed by atoms with Gasteiger partial charge < -0.3 is 9.47 Å². The fourth-order valence-electron chi connectivity index (χ4n) is 1.56. The van der Waals surface area contributed by atoms with Crippen LogP contribution >= 0.6 is 15.9 Å². The van der Waals surface area contributed by atoms with E-state index >= 15 is 0 Å². The molecule has 0 N–H and O–H groups in total. The van der Waals surface area contributed by atoms with Crippen molar-refractivity contribution in [2.75, 3.05) is 31.8 Å². The molecular formula is C12H10BrF15O2. The summed E-state index contributed by atoms with van der Waals surface area (Å²) in [6.07, 6.45) is -7.62. The fourth-order valence-corrected chi connectivity index (χ4v) is 1.79. The van der Waals surface area contributed by atoms with E-state index in [-0.39, 0.29) is 11.9 Å². The van der Waals surface area contributed by atoms with Gasteiger partial charge in [0.1, 0.15) is 6.61 Å². The zero-order valence-electron chi connectivity index (χ0n) is 13.9. The van der Waals surface area contributed by atoms with Gasteiger partial charge in [-0.15, -0.1) is 0 Å². The van der Waals surface area contributed by atoms with Gasteiger partial charge in [-0.2, -0.15) is 65.9 Å². The first-order chi connectivity index (χ1) is 13.1. The van der Waals surface area contributed by atoms with E-state index in [1.165, 1.54) is 0 Å². The van der Waals surface area contributed by atoms with Crippen molar-refractivity contribution in [3.63, 3.8) is 0 Å². The normalized spacial score (nSPS) is 15.6. The van der Waals surface area contributed by atoms with Gasteiger partial charge in [0.2, 0.25) is 0 Å². The fraction of sp³-hybridized carbons (Fsp3) is 1.00. The van der Waals surface area contributed by atoms with Crippen LogP contribution < -0.4 is 0 Å². The van der Waals surface area contributed by atoms with Crippen LogP contribution in [-0.2, 0) is 9.47 Å². The molecule has 0 aromatic carbocycles. The predicted molar refractivity (Wildman–Crippen MR) is 71.2 cm³/mol. The third-order valence-electron chi connectivity index (χ3n) is 3.27. The Balaban J connectivity index is 5.83. The largest absolute Gasteiger partial charge is 0.460 e. The maximum absolute atomic E-state index is 13.4. The summed E-state index contributed by atoms with van der Waals surface area (Å²) in [4.78, 5) is 0. The van der Waals surface area contributed by atoms with Gasteiger partial charge >= 0.3 is 41.7 Å². The maximum atomic E-state index is 13.4. The van der Waals surface area contributed by atoms with Gasteiger partial charge in [0.05, 0.1) is 19.8 Å². The lowest BCUT2D eigenvalue weighted by Gasteiger charge is -2.41. The van der Waals surface area contributed by atoms with Gasteiger partial charge in [0, 0.05) is 5.33 Å². The van der Waals surface area contributed by atoms with E-state index in [0.29, 0.717) is 0 Å². The van der Waals surface area contributed by atoms with Crippen LogP contribution in [0.25, 0.3) is 0 Å². The number of ether oxygens (including phenoxy) is 2. The molecule has 0 aliphatic carbocycles. The molecule has 18 heteroatoms. The summed E-state index contributed by atoms with van der Waals surface area (Å²) >= 11 is 2.83. The lowest BCUT2D eigenvalue weighted by Crippen LogP contribution is -2.73. The molecule has 0 amide bonds. The Morgan fingerprint density at radius 1 is 0.467 bits per heavy atom. The van der Waals surface area contributed by atoms with E-state index in [2.05, 4.69) is 25.4 Å². The zero-order valence-corrected chi connectivity index (χ0v) is 15.5. The van der Waals surface area contributed by atoms with Crippen molar-refractivity contribution in [3.05, 3.63) is 0 Å². The second kappa shape index (κ2) is 9.07. The van der Waals surface area contributed by atoms with Crippen molar-refractivity contribution in [1.29, 1.82) is 0 Å². The molecule has 182 valence electrons. The molecule has 0 aliphatic heterocycles. The Bertz CT molecular complexity index is 560.